The molecule has 0 aromatic carbocycles. The van der Waals surface area contributed by atoms with Gasteiger partial charge in [0.05, 0.1) is 32.3 Å². The molecular weight excluding hydrogens is 326 g/mol. The molecule has 2 rings (SSSR count). The summed E-state index contributed by atoms with van der Waals surface area (Å²) in [5, 5.41) is 9.50. The number of imidazole rings is 1. The molecule has 0 spiro atoms. The van der Waals surface area contributed by atoms with E-state index in [-0.39, 0.29) is 18.6 Å². The predicted octanol–water partition coefficient (Wildman–Crippen LogP) is 1.24. The van der Waals surface area contributed by atoms with Crippen LogP contribution in [-0.2, 0) is 14.2 Å². The van der Waals surface area contributed by atoms with E-state index in [2.05, 4.69) is 15.0 Å². The molecule has 0 bridgehead atoms. The van der Waals surface area contributed by atoms with Gasteiger partial charge in [0.15, 0.2) is 11.5 Å². The van der Waals surface area contributed by atoms with E-state index in [0.717, 1.165) is 0 Å². The lowest BCUT2D eigenvalue weighted by molar-refractivity contribution is -0.101. The first kappa shape index (κ1) is 21.2. The predicted molar refractivity (Wildman–Crippen MR) is 95.0 cm³/mol. The van der Waals surface area contributed by atoms with E-state index in [1.54, 1.807) is 25.1 Å². The number of aliphatic hydroxyl groups excluding tert-OH is 1. The van der Waals surface area contributed by atoms with Crippen molar-refractivity contribution in [3.63, 3.8) is 0 Å². The molecular formula is C16H29N5O4. The lowest BCUT2D eigenvalue weighted by Gasteiger charge is -2.30. The molecule has 0 fully saturated rings. The minimum atomic E-state index is -0.443. The number of aliphatic hydroxyl groups is 1. The number of rotatable bonds is 9. The number of anilines is 1. The Labute approximate surface area is 148 Å². The maximum atomic E-state index is 9.50. The second-order valence-corrected chi connectivity index (χ2v) is 5.15. The fraction of sp³-hybridized carbons (Fsp3) is 0.688. The summed E-state index contributed by atoms with van der Waals surface area (Å²) in [6.45, 7) is 6.64. The molecule has 3 N–H and O–H groups in total. The van der Waals surface area contributed by atoms with Crippen LogP contribution in [0.3, 0.4) is 0 Å². The van der Waals surface area contributed by atoms with Gasteiger partial charge >= 0.3 is 0 Å². The van der Waals surface area contributed by atoms with Crippen molar-refractivity contribution in [2.24, 2.45) is 5.92 Å². The summed E-state index contributed by atoms with van der Waals surface area (Å²) in [5.74, 6) is 0.151. The molecule has 3 unspecified atom stereocenters. The Morgan fingerprint density at radius 2 is 1.92 bits per heavy atom. The average molecular weight is 355 g/mol. The quantitative estimate of drug-likeness (QED) is 0.645. The molecule has 0 amide bonds. The van der Waals surface area contributed by atoms with E-state index in [9.17, 15) is 5.11 Å². The lowest BCUT2D eigenvalue weighted by atomic mass is 10.0. The smallest absolute Gasteiger partial charge is 0.167 e. The van der Waals surface area contributed by atoms with Crippen LogP contribution >= 0.6 is 0 Å². The number of fused-ring (bicyclic) bond motifs is 1. The van der Waals surface area contributed by atoms with Gasteiger partial charge in [0, 0.05) is 20.1 Å². The Bertz CT molecular complexity index is 618. The standard InChI is InChI=1S/C14H23N5O4.C2H6/c1-9(10(6-20)22-3)14(23-5-4-21-2)19-8-18-11-12(15)16-7-17-13(11)19;1-2/h7-10,14,20H,4-6H2,1-3H3,(H2,15,16,17);1-2H3. The van der Waals surface area contributed by atoms with Gasteiger partial charge < -0.3 is 25.1 Å². The number of nitrogens with zero attached hydrogens (tertiary/aromatic N) is 4. The SMILES string of the molecule is CC.COCCOC(C(C)C(CO)OC)n1cnc2c(N)ncnc21. The van der Waals surface area contributed by atoms with Crippen LogP contribution in [-0.4, -0.2) is 64.8 Å². The molecule has 2 aromatic rings. The Hall–Kier alpha value is -1.81. The summed E-state index contributed by atoms with van der Waals surface area (Å²) in [7, 11) is 3.16. The van der Waals surface area contributed by atoms with Gasteiger partial charge in [-0.1, -0.05) is 20.8 Å². The third kappa shape index (κ3) is 5.08. The molecule has 0 saturated heterocycles. The second-order valence-electron chi connectivity index (χ2n) is 5.15. The third-order valence-electron chi connectivity index (χ3n) is 3.76. The molecule has 0 aliphatic rings. The van der Waals surface area contributed by atoms with E-state index in [4.69, 9.17) is 19.9 Å². The number of hydrogen-bond acceptors (Lipinski definition) is 8. The number of nitrogens with two attached hydrogens (primary N) is 1. The Morgan fingerprint density at radius 3 is 2.52 bits per heavy atom. The zero-order valence-corrected chi connectivity index (χ0v) is 15.5. The van der Waals surface area contributed by atoms with E-state index in [0.29, 0.717) is 30.2 Å². The van der Waals surface area contributed by atoms with Crippen molar-refractivity contribution in [1.29, 1.82) is 0 Å². The summed E-state index contributed by atoms with van der Waals surface area (Å²) in [6, 6.07) is 0. The van der Waals surface area contributed by atoms with Crippen LogP contribution in [0.15, 0.2) is 12.7 Å². The first-order valence-electron chi connectivity index (χ1n) is 8.31. The molecule has 25 heavy (non-hydrogen) atoms. The van der Waals surface area contributed by atoms with Gasteiger partial charge in [0.25, 0.3) is 0 Å². The van der Waals surface area contributed by atoms with Crippen LogP contribution in [0.2, 0.25) is 0 Å². The van der Waals surface area contributed by atoms with E-state index in [1.807, 2.05) is 20.8 Å². The van der Waals surface area contributed by atoms with Gasteiger partial charge in [-0.15, -0.1) is 0 Å². The number of nitrogen functional groups attached to an aromatic ring is 1. The molecule has 2 aromatic heterocycles. The molecule has 0 radical (unpaired) electrons. The van der Waals surface area contributed by atoms with Crippen LogP contribution in [0.1, 0.15) is 27.0 Å². The van der Waals surface area contributed by atoms with Crippen LogP contribution < -0.4 is 5.73 Å². The van der Waals surface area contributed by atoms with Crippen molar-refractivity contribution < 1.29 is 19.3 Å². The van der Waals surface area contributed by atoms with E-state index >= 15 is 0 Å². The highest BCUT2D eigenvalue weighted by atomic mass is 16.5. The number of aromatic nitrogens is 4. The minimum absolute atomic E-state index is 0.119. The molecule has 3 atom stereocenters. The van der Waals surface area contributed by atoms with Gasteiger partial charge in [0.2, 0.25) is 0 Å². The fourth-order valence-electron chi connectivity index (χ4n) is 2.43. The molecule has 0 aliphatic carbocycles. The zero-order valence-electron chi connectivity index (χ0n) is 15.5. The Balaban J connectivity index is 0.00000151. The molecule has 9 heteroatoms. The monoisotopic (exact) mass is 355 g/mol. The van der Waals surface area contributed by atoms with Crippen LogP contribution in [0, 0.1) is 5.92 Å². The number of hydrogen-bond donors (Lipinski definition) is 2. The van der Waals surface area contributed by atoms with Gasteiger partial charge in [-0.05, 0) is 0 Å². The zero-order chi connectivity index (χ0) is 18.8. The van der Waals surface area contributed by atoms with Crippen molar-refractivity contribution in [2.75, 3.05) is 39.8 Å². The van der Waals surface area contributed by atoms with E-state index in [1.165, 1.54) is 6.33 Å². The molecule has 142 valence electrons. The van der Waals surface area contributed by atoms with E-state index < -0.39 is 6.23 Å². The second kappa shape index (κ2) is 10.9. The fourth-order valence-corrected chi connectivity index (χ4v) is 2.43. The minimum Gasteiger partial charge on any atom is -0.394 e. The summed E-state index contributed by atoms with van der Waals surface area (Å²) < 4.78 is 18.1. The summed E-state index contributed by atoms with van der Waals surface area (Å²) in [6.07, 6.45) is 2.15. The highest BCUT2D eigenvalue weighted by molar-refractivity contribution is 5.81. The maximum Gasteiger partial charge on any atom is 0.167 e. The molecule has 0 aliphatic heterocycles. The summed E-state index contributed by atoms with van der Waals surface area (Å²) in [4.78, 5) is 12.4. The number of ether oxygens (including phenoxy) is 3. The van der Waals surface area contributed by atoms with Crippen molar-refractivity contribution in [3.8, 4) is 0 Å². The normalized spacial score (nSPS) is 14.6. The van der Waals surface area contributed by atoms with Crippen molar-refractivity contribution in [3.05, 3.63) is 12.7 Å². The van der Waals surface area contributed by atoms with Crippen molar-refractivity contribution in [2.45, 2.75) is 33.1 Å². The van der Waals surface area contributed by atoms with Crippen LogP contribution in [0.4, 0.5) is 5.82 Å². The molecule has 2 heterocycles. The largest absolute Gasteiger partial charge is 0.394 e. The van der Waals surface area contributed by atoms with Crippen molar-refractivity contribution >= 4 is 17.0 Å². The average Bonchev–Trinajstić information content (AvgIpc) is 3.07. The molecule has 0 saturated carbocycles. The van der Waals surface area contributed by atoms with Crippen molar-refractivity contribution in [1.82, 2.24) is 19.5 Å². The molecule has 9 nitrogen and oxygen atoms in total. The van der Waals surface area contributed by atoms with Gasteiger partial charge in [0.1, 0.15) is 18.1 Å². The maximum absolute atomic E-state index is 9.50. The topological polar surface area (TPSA) is 118 Å². The van der Waals surface area contributed by atoms with Gasteiger partial charge in [-0.3, -0.25) is 4.57 Å². The Kier molecular flexibility index (Phi) is 9.28. The van der Waals surface area contributed by atoms with Crippen LogP contribution in [0.25, 0.3) is 11.2 Å². The lowest BCUT2D eigenvalue weighted by Crippen LogP contribution is -2.34. The van der Waals surface area contributed by atoms with Gasteiger partial charge in [-0.2, -0.15) is 0 Å². The highest BCUT2D eigenvalue weighted by Gasteiger charge is 2.29. The third-order valence-corrected chi connectivity index (χ3v) is 3.76. The highest BCUT2D eigenvalue weighted by Crippen LogP contribution is 2.28. The first-order chi connectivity index (χ1) is 12.1. The summed E-state index contributed by atoms with van der Waals surface area (Å²) >= 11 is 0. The Morgan fingerprint density at radius 1 is 1.20 bits per heavy atom. The summed E-state index contributed by atoms with van der Waals surface area (Å²) in [5.41, 5.74) is 6.91. The first-order valence-corrected chi connectivity index (χ1v) is 8.31. The number of methoxy groups -OCH3 is 2. The van der Waals surface area contributed by atoms with Gasteiger partial charge in [-0.25, -0.2) is 15.0 Å². The van der Waals surface area contributed by atoms with Crippen LogP contribution in [0.5, 0.6) is 0 Å².